The quantitative estimate of drug-likeness (QED) is 0.748. The molecule has 0 amide bonds. The average Bonchev–Trinajstić information content (AvgIpc) is 2.52. The number of hydrogen-bond acceptors (Lipinski definition) is 3. The lowest BCUT2D eigenvalue weighted by molar-refractivity contribution is 0.441. The van der Waals surface area contributed by atoms with Crippen molar-refractivity contribution in [2.24, 2.45) is 0 Å². The van der Waals surface area contributed by atoms with Gasteiger partial charge in [-0.05, 0) is 24.3 Å². The van der Waals surface area contributed by atoms with E-state index in [0.717, 1.165) is 10.0 Å². The standard InChI is InChI=1S/C17H11BrO3/c18-13-8-6-12(7-9-13)17-16(20)14(19)10-15(21-17)11-4-2-1-3-5-11/h1-10,20H. The third kappa shape index (κ3) is 2.76. The molecular weight excluding hydrogens is 332 g/mol. The van der Waals surface area contributed by atoms with Gasteiger partial charge in [0.25, 0.3) is 0 Å². The summed E-state index contributed by atoms with van der Waals surface area (Å²) in [5.74, 6) is 0.224. The van der Waals surface area contributed by atoms with Gasteiger partial charge in [0.15, 0.2) is 5.76 Å². The smallest absolute Gasteiger partial charge is 0.227 e. The van der Waals surface area contributed by atoms with E-state index in [0.29, 0.717) is 11.3 Å². The first kappa shape index (κ1) is 13.6. The van der Waals surface area contributed by atoms with Crippen LogP contribution in [0.5, 0.6) is 5.75 Å². The van der Waals surface area contributed by atoms with Gasteiger partial charge in [0.05, 0.1) is 0 Å². The van der Waals surface area contributed by atoms with Crippen LogP contribution in [0.25, 0.3) is 22.6 Å². The van der Waals surface area contributed by atoms with Gasteiger partial charge in [0, 0.05) is 21.7 Å². The summed E-state index contributed by atoms with van der Waals surface area (Å²) in [7, 11) is 0. The molecule has 2 aromatic carbocycles. The predicted octanol–water partition coefficient (Wildman–Crippen LogP) is 4.44. The third-order valence-electron chi connectivity index (χ3n) is 3.09. The van der Waals surface area contributed by atoms with Crippen LogP contribution < -0.4 is 5.43 Å². The fourth-order valence-electron chi connectivity index (χ4n) is 2.03. The SMILES string of the molecule is O=c1cc(-c2ccccc2)oc(-c2ccc(Br)cc2)c1O. The van der Waals surface area contributed by atoms with E-state index in [2.05, 4.69) is 15.9 Å². The van der Waals surface area contributed by atoms with Crippen molar-refractivity contribution in [1.82, 2.24) is 0 Å². The van der Waals surface area contributed by atoms with Gasteiger partial charge in [0.2, 0.25) is 11.2 Å². The first-order chi connectivity index (χ1) is 10.1. The molecule has 4 heteroatoms. The van der Waals surface area contributed by atoms with Gasteiger partial charge in [-0.25, -0.2) is 0 Å². The van der Waals surface area contributed by atoms with Gasteiger partial charge in [-0.3, -0.25) is 4.79 Å². The Balaban J connectivity index is 2.19. The molecule has 0 atom stereocenters. The fraction of sp³-hybridized carbons (Fsp3) is 0. The van der Waals surface area contributed by atoms with E-state index in [9.17, 15) is 9.90 Å². The van der Waals surface area contributed by atoms with Gasteiger partial charge in [-0.2, -0.15) is 0 Å². The summed E-state index contributed by atoms with van der Waals surface area (Å²) in [6.07, 6.45) is 0. The highest BCUT2D eigenvalue weighted by molar-refractivity contribution is 9.10. The Morgan fingerprint density at radius 1 is 0.905 bits per heavy atom. The summed E-state index contributed by atoms with van der Waals surface area (Å²) in [6.45, 7) is 0. The molecule has 1 heterocycles. The maximum atomic E-state index is 12.0. The maximum absolute atomic E-state index is 12.0. The highest BCUT2D eigenvalue weighted by atomic mass is 79.9. The molecule has 3 nitrogen and oxygen atoms in total. The lowest BCUT2D eigenvalue weighted by atomic mass is 10.1. The van der Waals surface area contributed by atoms with Crippen molar-refractivity contribution in [3.8, 4) is 28.4 Å². The molecule has 0 aliphatic carbocycles. The van der Waals surface area contributed by atoms with Crippen molar-refractivity contribution in [3.63, 3.8) is 0 Å². The number of aromatic hydroxyl groups is 1. The Morgan fingerprint density at radius 3 is 2.24 bits per heavy atom. The van der Waals surface area contributed by atoms with E-state index in [1.54, 1.807) is 12.1 Å². The van der Waals surface area contributed by atoms with E-state index in [1.165, 1.54) is 6.07 Å². The summed E-state index contributed by atoms with van der Waals surface area (Å²) in [5.41, 5.74) is 0.969. The number of hydrogen-bond donors (Lipinski definition) is 1. The minimum atomic E-state index is -0.460. The monoisotopic (exact) mass is 342 g/mol. The highest BCUT2D eigenvalue weighted by Crippen LogP contribution is 2.31. The molecule has 0 fully saturated rings. The van der Waals surface area contributed by atoms with Crippen molar-refractivity contribution in [3.05, 3.63) is 75.4 Å². The molecule has 0 aliphatic rings. The lowest BCUT2D eigenvalue weighted by Gasteiger charge is -2.07. The van der Waals surface area contributed by atoms with E-state index in [4.69, 9.17) is 4.42 Å². The van der Waals surface area contributed by atoms with Gasteiger partial charge in [-0.15, -0.1) is 0 Å². The van der Waals surface area contributed by atoms with Crippen LogP contribution in [0, 0.1) is 0 Å². The number of halogens is 1. The van der Waals surface area contributed by atoms with E-state index in [1.807, 2.05) is 42.5 Å². The van der Waals surface area contributed by atoms with Gasteiger partial charge in [0.1, 0.15) is 5.76 Å². The molecule has 0 unspecified atom stereocenters. The molecule has 0 spiro atoms. The number of rotatable bonds is 2. The third-order valence-corrected chi connectivity index (χ3v) is 3.62. The Labute approximate surface area is 129 Å². The Morgan fingerprint density at radius 2 is 1.57 bits per heavy atom. The van der Waals surface area contributed by atoms with Crippen LogP contribution in [0.4, 0.5) is 0 Å². The summed E-state index contributed by atoms with van der Waals surface area (Å²) < 4.78 is 6.65. The minimum absolute atomic E-state index is 0.175. The topological polar surface area (TPSA) is 50.4 Å². The Hall–Kier alpha value is -2.33. The molecule has 21 heavy (non-hydrogen) atoms. The molecule has 0 aliphatic heterocycles. The second-order valence-corrected chi connectivity index (χ2v) is 5.44. The molecule has 0 bridgehead atoms. The Kier molecular flexibility index (Phi) is 3.62. The second-order valence-electron chi connectivity index (χ2n) is 4.53. The van der Waals surface area contributed by atoms with Gasteiger partial charge < -0.3 is 9.52 Å². The molecule has 3 aromatic rings. The van der Waals surface area contributed by atoms with Crippen LogP contribution in [0.1, 0.15) is 0 Å². The largest absolute Gasteiger partial charge is 0.502 e. The van der Waals surface area contributed by atoms with Crippen LogP contribution in [-0.2, 0) is 0 Å². The number of benzene rings is 2. The Bertz CT molecular complexity index is 821. The van der Waals surface area contributed by atoms with Gasteiger partial charge in [-0.1, -0.05) is 46.3 Å². The first-order valence-electron chi connectivity index (χ1n) is 6.33. The van der Waals surface area contributed by atoms with Crippen LogP contribution in [0.3, 0.4) is 0 Å². The summed E-state index contributed by atoms with van der Waals surface area (Å²) in [4.78, 5) is 12.0. The van der Waals surface area contributed by atoms with Crippen LogP contribution in [0.2, 0.25) is 0 Å². The zero-order valence-electron chi connectivity index (χ0n) is 10.9. The van der Waals surface area contributed by atoms with E-state index >= 15 is 0 Å². The molecule has 104 valence electrons. The normalized spacial score (nSPS) is 10.5. The zero-order valence-corrected chi connectivity index (χ0v) is 12.5. The second kappa shape index (κ2) is 5.58. The summed E-state index contributed by atoms with van der Waals surface area (Å²) in [5, 5.41) is 9.97. The molecule has 1 N–H and O–H groups in total. The van der Waals surface area contributed by atoms with E-state index < -0.39 is 5.43 Å². The fourth-order valence-corrected chi connectivity index (χ4v) is 2.29. The average molecular weight is 343 g/mol. The summed E-state index contributed by atoms with van der Waals surface area (Å²) in [6, 6.07) is 17.8. The van der Waals surface area contributed by atoms with Crippen LogP contribution >= 0.6 is 15.9 Å². The predicted molar refractivity (Wildman–Crippen MR) is 85.2 cm³/mol. The first-order valence-corrected chi connectivity index (χ1v) is 7.13. The van der Waals surface area contributed by atoms with Crippen molar-refractivity contribution < 1.29 is 9.52 Å². The lowest BCUT2D eigenvalue weighted by Crippen LogP contribution is -2.01. The van der Waals surface area contributed by atoms with Crippen molar-refractivity contribution in [1.29, 1.82) is 0 Å². The molecule has 0 radical (unpaired) electrons. The zero-order chi connectivity index (χ0) is 14.8. The highest BCUT2D eigenvalue weighted by Gasteiger charge is 2.14. The summed E-state index contributed by atoms with van der Waals surface area (Å²) >= 11 is 3.35. The molecule has 0 saturated carbocycles. The molecule has 0 saturated heterocycles. The van der Waals surface area contributed by atoms with Crippen molar-refractivity contribution >= 4 is 15.9 Å². The van der Waals surface area contributed by atoms with Crippen LogP contribution in [-0.4, -0.2) is 5.11 Å². The molecule has 1 aromatic heterocycles. The molecular formula is C17H11BrO3. The maximum Gasteiger partial charge on any atom is 0.227 e. The van der Waals surface area contributed by atoms with Gasteiger partial charge >= 0.3 is 0 Å². The van der Waals surface area contributed by atoms with Crippen molar-refractivity contribution in [2.45, 2.75) is 0 Å². The van der Waals surface area contributed by atoms with Crippen LogP contribution in [0.15, 0.2) is 74.3 Å². The van der Waals surface area contributed by atoms with Crippen molar-refractivity contribution in [2.75, 3.05) is 0 Å². The minimum Gasteiger partial charge on any atom is -0.502 e. The molecule has 3 rings (SSSR count). The van der Waals surface area contributed by atoms with E-state index in [-0.39, 0.29) is 11.5 Å².